The zero-order valence-corrected chi connectivity index (χ0v) is 13.3. The SMILES string of the molecule is CCC1CN(S(=O)(=O)c2cc(C#N)ccc2C)CCS1. The van der Waals surface area contributed by atoms with Gasteiger partial charge in [0.2, 0.25) is 10.0 Å². The van der Waals surface area contributed by atoms with Crippen LogP contribution in [-0.4, -0.2) is 36.8 Å². The lowest BCUT2D eigenvalue weighted by molar-refractivity contribution is 0.415. The molecule has 1 heterocycles. The van der Waals surface area contributed by atoms with Crippen molar-refractivity contribution in [1.29, 1.82) is 5.26 Å². The molecule has 1 aromatic rings. The summed E-state index contributed by atoms with van der Waals surface area (Å²) in [6.45, 7) is 4.94. The summed E-state index contributed by atoms with van der Waals surface area (Å²) in [4.78, 5) is 0.262. The van der Waals surface area contributed by atoms with Crippen molar-refractivity contribution in [2.45, 2.75) is 30.4 Å². The first-order valence-electron chi connectivity index (χ1n) is 6.61. The van der Waals surface area contributed by atoms with E-state index >= 15 is 0 Å². The summed E-state index contributed by atoms with van der Waals surface area (Å²) < 4.78 is 27.0. The minimum atomic E-state index is -3.50. The quantitative estimate of drug-likeness (QED) is 0.860. The molecule has 0 spiro atoms. The van der Waals surface area contributed by atoms with Crippen LogP contribution in [0, 0.1) is 18.3 Å². The second-order valence-electron chi connectivity index (χ2n) is 4.86. The molecule has 0 N–H and O–H groups in total. The molecule has 1 aromatic carbocycles. The van der Waals surface area contributed by atoms with Gasteiger partial charge in [-0.15, -0.1) is 0 Å². The van der Waals surface area contributed by atoms with E-state index in [2.05, 4.69) is 6.92 Å². The first-order valence-corrected chi connectivity index (χ1v) is 9.10. The van der Waals surface area contributed by atoms with Crippen molar-refractivity contribution >= 4 is 21.8 Å². The van der Waals surface area contributed by atoms with Gasteiger partial charge in [0.1, 0.15) is 0 Å². The summed E-state index contributed by atoms with van der Waals surface area (Å²) >= 11 is 1.83. The molecular formula is C14H18N2O2S2. The Labute approximate surface area is 124 Å². The molecule has 1 atom stereocenters. The number of hydrogen-bond acceptors (Lipinski definition) is 4. The van der Waals surface area contributed by atoms with E-state index in [1.54, 1.807) is 23.4 Å². The van der Waals surface area contributed by atoms with E-state index in [1.165, 1.54) is 6.07 Å². The van der Waals surface area contributed by atoms with Gasteiger partial charge >= 0.3 is 0 Å². The number of hydrogen-bond donors (Lipinski definition) is 0. The summed E-state index contributed by atoms with van der Waals surface area (Å²) in [6, 6.07) is 6.83. The largest absolute Gasteiger partial charge is 0.243 e. The Morgan fingerprint density at radius 3 is 2.90 bits per heavy atom. The molecular weight excluding hydrogens is 292 g/mol. The fourth-order valence-electron chi connectivity index (χ4n) is 2.24. The third-order valence-corrected chi connectivity index (χ3v) is 6.87. The molecule has 2 rings (SSSR count). The van der Waals surface area contributed by atoms with Crippen LogP contribution in [0.25, 0.3) is 0 Å². The van der Waals surface area contributed by atoms with Crippen LogP contribution in [-0.2, 0) is 10.0 Å². The van der Waals surface area contributed by atoms with Crippen molar-refractivity contribution < 1.29 is 8.42 Å². The number of benzene rings is 1. The van der Waals surface area contributed by atoms with Gasteiger partial charge in [-0.25, -0.2) is 8.42 Å². The Kier molecular flexibility index (Phi) is 4.74. The molecule has 1 fully saturated rings. The van der Waals surface area contributed by atoms with Crippen LogP contribution in [0.1, 0.15) is 24.5 Å². The summed E-state index contributed by atoms with van der Waals surface area (Å²) in [5.74, 6) is 0.828. The number of rotatable bonds is 3. The third kappa shape index (κ3) is 3.00. The van der Waals surface area contributed by atoms with Crippen molar-refractivity contribution in [3.63, 3.8) is 0 Å². The van der Waals surface area contributed by atoms with Crippen molar-refractivity contribution in [3.05, 3.63) is 29.3 Å². The molecule has 1 unspecified atom stereocenters. The molecule has 0 bridgehead atoms. The molecule has 0 amide bonds. The minimum absolute atomic E-state index is 0.262. The number of aryl methyl sites for hydroxylation is 1. The predicted octanol–water partition coefficient (Wildman–Crippen LogP) is 2.38. The molecule has 6 heteroatoms. The lowest BCUT2D eigenvalue weighted by Gasteiger charge is -2.31. The van der Waals surface area contributed by atoms with Crippen LogP contribution in [0.15, 0.2) is 23.1 Å². The van der Waals surface area contributed by atoms with Gasteiger partial charge in [-0.1, -0.05) is 13.0 Å². The summed E-state index contributed by atoms with van der Waals surface area (Å²) in [5, 5.41) is 9.31. The summed E-state index contributed by atoms with van der Waals surface area (Å²) in [5.41, 5.74) is 1.07. The third-order valence-electron chi connectivity index (χ3n) is 3.49. The van der Waals surface area contributed by atoms with Crippen molar-refractivity contribution in [1.82, 2.24) is 4.31 Å². The second kappa shape index (κ2) is 6.17. The van der Waals surface area contributed by atoms with Gasteiger partial charge in [-0.05, 0) is 31.0 Å². The van der Waals surface area contributed by atoms with Gasteiger partial charge < -0.3 is 0 Å². The highest BCUT2D eigenvalue weighted by Crippen LogP contribution is 2.27. The molecule has 0 aromatic heterocycles. The molecule has 0 radical (unpaired) electrons. The van der Waals surface area contributed by atoms with E-state index < -0.39 is 10.0 Å². The van der Waals surface area contributed by atoms with Crippen LogP contribution in [0.5, 0.6) is 0 Å². The van der Waals surface area contributed by atoms with E-state index in [4.69, 9.17) is 5.26 Å². The van der Waals surface area contributed by atoms with Gasteiger partial charge in [0, 0.05) is 24.1 Å². The molecule has 4 nitrogen and oxygen atoms in total. The van der Waals surface area contributed by atoms with Gasteiger partial charge in [0.05, 0.1) is 16.5 Å². The zero-order chi connectivity index (χ0) is 14.8. The highest BCUT2D eigenvalue weighted by atomic mass is 32.2. The van der Waals surface area contributed by atoms with E-state index in [1.807, 2.05) is 17.8 Å². The number of thioether (sulfide) groups is 1. The van der Waals surface area contributed by atoms with E-state index in [-0.39, 0.29) is 4.90 Å². The molecule has 1 saturated heterocycles. The molecule has 0 saturated carbocycles. The lowest BCUT2D eigenvalue weighted by Crippen LogP contribution is -2.41. The lowest BCUT2D eigenvalue weighted by atomic mass is 10.2. The number of nitrogens with zero attached hydrogens (tertiary/aromatic N) is 2. The highest BCUT2D eigenvalue weighted by Gasteiger charge is 2.31. The smallest absolute Gasteiger partial charge is 0.207 e. The standard InChI is InChI=1S/C14H18N2O2S2/c1-3-13-10-16(6-7-19-13)20(17,18)14-8-12(9-15)5-4-11(14)2/h4-5,8,13H,3,6-7,10H2,1-2H3. The summed E-state index contributed by atoms with van der Waals surface area (Å²) in [7, 11) is -3.50. The van der Waals surface area contributed by atoms with E-state index in [9.17, 15) is 8.42 Å². The maximum atomic E-state index is 12.7. The molecule has 1 aliphatic rings. The molecule has 108 valence electrons. The Balaban J connectivity index is 2.37. The molecule has 0 aliphatic carbocycles. The average Bonchev–Trinajstić information content (AvgIpc) is 2.47. The Bertz CT molecular complexity index is 635. The highest BCUT2D eigenvalue weighted by molar-refractivity contribution is 8.00. The van der Waals surface area contributed by atoms with Gasteiger partial charge in [-0.3, -0.25) is 0 Å². The van der Waals surface area contributed by atoms with Crippen LogP contribution in [0.3, 0.4) is 0 Å². The van der Waals surface area contributed by atoms with Crippen LogP contribution in [0.2, 0.25) is 0 Å². The van der Waals surface area contributed by atoms with Crippen molar-refractivity contribution in [3.8, 4) is 6.07 Å². The molecule has 20 heavy (non-hydrogen) atoms. The van der Waals surface area contributed by atoms with Crippen molar-refractivity contribution in [2.75, 3.05) is 18.8 Å². The van der Waals surface area contributed by atoms with Gasteiger partial charge in [-0.2, -0.15) is 21.3 Å². The van der Waals surface area contributed by atoms with Gasteiger partial charge in [0.15, 0.2) is 0 Å². The monoisotopic (exact) mass is 310 g/mol. The predicted molar refractivity (Wildman–Crippen MR) is 81.2 cm³/mol. The average molecular weight is 310 g/mol. The van der Waals surface area contributed by atoms with E-state index in [0.717, 1.165) is 12.2 Å². The Morgan fingerprint density at radius 1 is 1.50 bits per heavy atom. The fraction of sp³-hybridized carbons (Fsp3) is 0.500. The fourth-order valence-corrected chi connectivity index (χ4v) is 5.37. The van der Waals surface area contributed by atoms with Crippen LogP contribution < -0.4 is 0 Å². The zero-order valence-electron chi connectivity index (χ0n) is 11.7. The maximum absolute atomic E-state index is 12.7. The Morgan fingerprint density at radius 2 is 2.25 bits per heavy atom. The number of nitriles is 1. The van der Waals surface area contributed by atoms with Crippen LogP contribution >= 0.6 is 11.8 Å². The first kappa shape index (κ1) is 15.4. The summed E-state index contributed by atoms with van der Waals surface area (Å²) in [6.07, 6.45) is 0.966. The molecule has 1 aliphatic heterocycles. The Hall–Kier alpha value is -1.03. The number of sulfonamides is 1. The normalized spacial score (nSPS) is 20.6. The van der Waals surface area contributed by atoms with Crippen molar-refractivity contribution in [2.24, 2.45) is 0 Å². The topological polar surface area (TPSA) is 61.2 Å². The first-order chi connectivity index (χ1) is 9.48. The van der Waals surface area contributed by atoms with Crippen LogP contribution in [0.4, 0.5) is 0 Å². The minimum Gasteiger partial charge on any atom is -0.207 e. The maximum Gasteiger partial charge on any atom is 0.243 e. The van der Waals surface area contributed by atoms with Gasteiger partial charge in [0.25, 0.3) is 0 Å². The second-order valence-corrected chi connectivity index (χ2v) is 8.17. The van der Waals surface area contributed by atoms with E-state index in [0.29, 0.717) is 29.5 Å².